The number of amidine groups is 1. The number of para-hydroxylation sites is 1. The molecule has 6 nitrogen and oxygen atoms in total. The first-order valence-electron chi connectivity index (χ1n) is 9.55. The average molecular weight is 398 g/mol. The molecule has 2 aromatic carbocycles. The number of carbonyl (C=O) groups is 1. The molecule has 4 rings (SSSR count). The van der Waals surface area contributed by atoms with Gasteiger partial charge in [-0.15, -0.1) is 4.40 Å². The Morgan fingerprint density at radius 3 is 2.57 bits per heavy atom. The van der Waals surface area contributed by atoms with E-state index in [0.29, 0.717) is 17.2 Å². The Hall–Kier alpha value is -2.67. The van der Waals surface area contributed by atoms with Crippen molar-refractivity contribution >= 4 is 38.8 Å². The van der Waals surface area contributed by atoms with Crippen molar-refractivity contribution in [3.05, 3.63) is 48.5 Å². The fourth-order valence-corrected chi connectivity index (χ4v) is 4.56. The second-order valence-electron chi connectivity index (χ2n) is 7.35. The summed E-state index contributed by atoms with van der Waals surface area (Å²) in [6, 6.07) is 14.6. The second kappa shape index (κ2) is 7.05. The molecule has 1 atom stereocenters. The number of amides is 1. The van der Waals surface area contributed by atoms with Crippen LogP contribution < -0.4 is 10.2 Å². The molecule has 28 heavy (non-hydrogen) atoms. The molecule has 7 heteroatoms. The Balaban J connectivity index is 1.83. The number of sulfonamides is 1. The van der Waals surface area contributed by atoms with Gasteiger partial charge in [0.15, 0.2) is 0 Å². The molecular weight excluding hydrogens is 374 g/mol. The first kappa shape index (κ1) is 18.7. The topological polar surface area (TPSA) is 78.8 Å². The van der Waals surface area contributed by atoms with E-state index < -0.39 is 10.0 Å². The molecule has 1 fully saturated rings. The SMILES string of the molecule is CC[C@H](C)C1=NS(=O)(=O)c2cc(NC(=O)C3CC3)ccc2N1c1ccccc1. The smallest absolute Gasteiger partial charge is 0.286 e. The second-order valence-corrected chi connectivity index (χ2v) is 8.92. The van der Waals surface area contributed by atoms with Crippen LogP contribution in [0, 0.1) is 11.8 Å². The summed E-state index contributed by atoms with van der Waals surface area (Å²) < 4.78 is 30.0. The number of rotatable bonds is 5. The zero-order valence-electron chi connectivity index (χ0n) is 15.9. The minimum absolute atomic E-state index is 0.0302. The quantitative estimate of drug-likeness (QED) is 0.815. The van der Waals surface area contributed by atoms with Crippen molar-refractivity contribution in [2.45, 2.75) is 38.0 Å². The van der Waals surface area contributed by atoms with Crippen molar-refractivity contribution in [3.8, 4) is 0 Å². The van der Waals surface area contributed by atoms with Crippen molar-refractivity contribution in [1.29, 1.82) is 0 Å². The summed E-state index contributed by atoms with van der Waals surface area (Å²) in [7, 11) is -3.86. The van der Waals surface area contributed by atoms with Crippen molar-refractivity contribution < 1.29 is 13.2 Å². The van der Waals surface area contributed by atoms with Crippen molar-refractivity contribution in [2.75, 3.05) is 10.2 Å². The number of benzene rings is 2. The molecule has 2 aliphatic rings. The van der Waals surface area contributed by atoms with E-state index in [1.165, 1.54) is 6.07 Å². The molecule has 0 radical (unpaired) electrons. The molecule has 0 aromatic heterocycles. The van der Waals surface area contributed by atoms with Crippen molar-refractivity contribution in [1.82, 2.24) is 0 Å². The van der Waals surface area contributed by atoms with Crippen molar-refractivity contribution in [3.63, 3.8) is 0 Å². The maximum Gasteiger partial charge on any atom is 0.286 e. The van der Waals surface area contributed by atoms with Gasteiger partial charge in [0.25, 0.3) is 10.0 Å². The molecule has 1 N–H and O–H groups in total. The predicted octanol–water partition coefficient (Wildman–Crippen LogP) is 4.32. The highest BCUT2D eigenvalue weighted by Gasteiger charge is 2.35. The number of hydrogen-bond acceptors (Lipinski definition) is 4. The largest absolute Gasteiger partial charge is 0.326 e. The Labute approximate surface area is 165 Å². The zero-order valence-corrected chi connectivity index (χ0v) is 16.7. The van der Waals surface area contributed by atoms with Gasteiger partial charge in [0.05, 0.1) is 5.69 Å². The van der Waals surface area contributed by atoms with Crippen LogP contribution in [0.5, 0.6) is 0 Å². The number of hydrogen-bond donors (Lipinski definition) is 1. The van der Waals surface area contributed by atoms with E-state index in [0.717, 1.165) is 24.9 Å². The standard InChI is InChI=1S/C21H23N3O3S/c1-3-14(2)20-23-28(26,27)19-13-16(22-21(25)15-9-10-15)11-12-18(19)24(20)17-7-5-4-6-8-17/h4-8,11-15H,3,9-10H2,1-2H3,(H,22,25)/t14-/m0/s1. The third kappa shape index (κ3) is 3.42. The minimum atomic E-state index is -3.86. The Morgan fingerprint density at radius 1 is 1.21 bits per heavy atom. The van der Waals surface area contributed by atoms with Gasteiger partial charge in [0.1, 0.15) is 10.7 Å². The van der Waals surface area contributed by atoms with Gasteiger partial charge >= 0.3 is 0 Å². The molecule has 1 heterocycles. The summed E-state index contributed by atoms with van der Waals surface area (Å²) in [6.07, 6.45) is 2.54. The lowest BCUT2D eigenvalue weighted by Gasteiger charge is -2.33. The minimum Gasteiger partial charge on any atom is -0.326 e. The van der Waals surface area contributed by atoms with E-state index in [1.54, 1.807) is 12.1 Å². The highest BCUT2D eigenvalue weighted by Crippen LogP contribution is 2.40. The van der Waals surface area contributed by atoms with Gasteiger partial charge < -0.3 is 5.32 Å². The molecule has 146 valence electrons. The molecule has 2 aromatic rings. The van der Waals surface area contributed by atoms with Crippen LogP contribution in [0.15, 0.2) is 57.8 Å². The van der Waals surface area contributed by atoms with Crippen LogP contribution in [0.2, 0.25) is 0 Å². The number of carbonyl (C=O) groups excluding carboxylic acids is 1. The van der Waals surface area contributed by atoms with Gasteiger partial charge in [0, 0.05) is 23.2 Å². The molecule has 1 saturated carbocycles. The molecule has 1 aliphatic heterocycles. The molecule has 0 unspecified atom stereocenters. The van der Waals surface area contributed by atoms with Gasteiger partial charge in [0.2, 0.25) is 5.91 Å². The summed E-state index contributed by atoms with van der Waals surface area (Å²) in [5, 5.41) is 2.82. The maximum absolute atomic E-state index is 12.9. The first-order valence-corrected chi connectivity index (χ1v) is 11.0. The number of anilines is 3. The predicted molar refractivity (Wildman–Crippen MR) is 110 cm³/mol. The van der Waals surface area contributed by atoms with Gasteiger partial charge in [-0.2, -0.15) is 8.42 Å². The monoisotopic (exact) mass is 397 g/mol. The molecular formula is C21H23N3O3S. The Morgan fingerprint density at radius 2 is 1.93 bits per heavy atom. The van der Waals surface area contributed by atoms with Gasteiger partial charge in [-0.25, -0.2) is 0 Å². The average Bonchev–Trinajstić information content (AvgIpc) is 3.53. The van der Waals surface area contributed by atoms with E-state index in [2.05, 4.69) is 9.71 Å². The van der Waals surface area contributed by atoms with Gasteiger partial charge in [-0.1, -0.05) is 32.0 Å². The number of fused-ring (bicyclic) bond motifs is 1. The summed E-state index contributed by atoms with van der Waals surface area (Å²) in [4.78, 5) is 14.1. The molecule has 0 bridgehead atoms. The third-order valence-electron chi connectivity index (χ3n) is 5.20. The van der Waals surface area contributed by atoms with E-state index >= 15 is 0 Å². The normalized spacial score (nSPS) is 18.8. The molecule has 1 aliphatic carbocycles. The first-order chi connectivity index (χ1) is 13.4. The molecule has 0 spiro atoms. The zero-order chi connectivity index (χ0) is 19.9. The lowest BCUT2D eigenvalue weighted by Crippen LogP contribution is -2.36. The molecule has 1 amide bonds. The van der Waals surface area contributed by atoms with Gasteiger partial charge in [-0.3, -0.25) is 9.69 Å². The Bertz CT molecular complexity index is 1040. The summed E-state index contributed by atoms with van der Waals surface area (Å²) in [6.45, 7) is 3.98. The fraction of sp³-hybridized carbons (Fsp3) is 0.333. The lowest BCUT2D eigenvalue weighted by atomic mass is 10.1. The van der Waals surface area contributed by atoms with Crippen LogP contribution in [0.25, 0.3) is 0 Å². The van der Waals surface area contributed by atoms with E-state index in [1.807, 2.05) is 49.1 Å². The summed E-state index contributed by atoms with van der Waals surface area (Å²) in [5.74, 6) is 0.466. The van der Waals surface area contributed by atoms with Crippen LogP contribution >= 0.6 is 0 Å². The maximum atomic E-state index is 12.9. The number of nitrogens with zero attached hydrogens (tertiary/aromatic N) is 2. The fourth-order valence-electron chi connectivity index (χ4n) is 3.25. The van der Waals surface area contributed by atoms with E-state index in [9.17, 15) is 13.2 Å². The highest BCUT2D eigenvalue weighted by atomic mass is 32.2. The Kier molecular flexibility index (Phi) is 4.71. The van der Waals surface area contributed by atoms with Crippen LogP contribution in [-0.4, -0.2) is 20.2 Å². The van der Waals surface area contributed by atoms with E-state index in [4.69, 9.17) is 0 Å². The number of nitrogens with one attached hydrogen (secondary N) is 1. The van der Waals surface area contributed by atoms with Crippen LogP contribution in [0.1, 0.15) is 33.1 Å². The summed E-state index contributed by atoms with van der Waals surface area (Å²) in [5.41, 5.74) is 1.89. The van der Waals surface area contributed by atoms with Crippen LogP contribution in [0.4, 0.5) is 17.1 Å². The highest BCUT2D eigenvalue weighted by molar-refractivity contribution is 7.90. The van der Waals surface area contributed by atoms with Crippen molar-refractivity contribution in [2.24, 2.45) is 16.2 Å². The molecule has 0 saturated heterocycles. The van der Waals surface area contributed by atoms with Crippen LogP contribution in [-0.2, 0) is 14.8 Å². The third-order valence-corrected chi connectivity index (χ3v) is 6.51. The van der Waals surface area contributed by atoms with E-state index in [-0.39, 0.29) is 22.6 Å². The van der Waals surface area contributed by atoms with Gasteiger partial charge in [-0.05, 0) is 49.6 Å². The summed E-state index contributed by atoms with van der Waals surface area (Å²) >= 11 is 0. The lowest BCUT2D eigenvalue weighted by molar-refractivity contribution is -0.117. The van der Waals surface area contributed by atoms with Crippen LogP contribution in [0.3, 0.4) is 0 Å².